The van der Waals surface area contributed by atoms with Crippen molar-refractivity contribution < 1.29 is 5.11 Å². The van der Waals surface area contributed by atoms with Crippen molar-refractivity contribution in [1.29, 1.82) is 0 Å². The number of aliphatic hydroxyl groups excluding tert-OH is 1. The Bertz CT molecular complexity index is 431. The van der Waals surface area contributed by atoms with Gasteiger partial charge in [0.1, 0.15) is 0 Å². The summed E-state index contributed by atoms with van der Waals surface area (Å²) in [5.41, 5.74) is 1.06. The Kier molecular flexibility index (Phi) is 7.25. The molecule has 0 radical (unpaired) electrons. The van der Waals surface area contributed by atoms with Crippen LogP contribution in [-0.4, -0.2) is 38.0 Å². The lowest BCUT2D eigenvalue weighted by molar-refractivity contribution is 0.233. The lowest BCUT2D eigenvalue weighted by Crippen LogP contribution is -2.34. The SMILES string of the molecule is CC(CC(C)SC1CCCCC1)NC(CO)c1cnn(C)c1. The molecular formula is C17H31N3OS. The minimum absolute atomic E-state index is 0.0180. The minimum Gasteiger partial charge on any atom is -0.394 e. The van der Waals surface area contributed by atoms with Gasteiger partial charge in [-0.15, -0.1) is 0 Å². The second-order valence-electron chi connectivity index (χ2n) is 6.69. The van der Waals surface area contributed by atoms with E-state index in [2.05, 4.69) is 36.0 Å². The van der Waals surface area contributed by atoms with Crippen LogP contribution in [0.5, 0.6) is 0 Å². The normalized spacial score (nSPS) is 20.7. The van der Waals surface area contributed by atoms with Crippen molar-refractivity contribution in [3.63, 3.8) is 0 Å². The summed E-state index contributed by atoms with van der Waals surface area (Å²) in [5.74, 6) is 0. The van der Waals surface area contributed by atoms with Gasteiger partial charge < -0.3 is 10.4 Å². The van der Waals surface area contributed by atoms with Gasteiger partial charge in [-0.2, -0.15) is 16.9 Å². The number of aliphatic hydroxyl groups is 1. The molecule has 0 saturated heterocycles. The Morgan fingerprint density at radius 2 is 2.09 bits per heavy atom. The molecule has 126 valence electrons. The van der Waals surface area contributed by atoms with E-state index < -0.39 is 0 Å². The maximum absolute atomic E-state index is 9.63. The molecule has 0 bridgehead atoms. The van der Waals surface area contributed by atoms with Gasteiger partial charge in [-0.05, 0) is 26.2 Å². The largest absolute Gasteiger partial charge is 0.394 e. The van der Waals surface area contributed by atoms with E-state index in [9.17, 15) is 5.11 Å². The van der Waals surface area contributed by atoms with E-state index in [-0.39, 0.29) is 12.6 Å². The molecule has 3 unspecified atom stereocenters. The molecule has 0 spiro atoms. The standard InChI is InChI=1S/C17H31N3OS/c1-13(9-14(2)22-16-7-5-4-6-8-16)19-17(12-21)15-10-18-20(3)11-15/h10-11,13-14,16-17,19,21H,4-9,12H2,1-3H3. The van der Waals surface area contributed by atoms with E-state index in [4.69, 9.17) is 0 Å². The van der Waals surface area contributed by atoms with Crippen molar-refractivity contribution in [2.75, 3.05) is 6.61 Å². The van der Waals surface area contributed by atoms with Crippen LogP contribution in [0.25, 0.3) is 0 Å². The van der Waals surface area contributed by atoms with Crippen LogP contribution in [0.4, 0.5) is 0 Å². The molecule has 1 fully saturated rings. The average molecular weight is 326 g/mol. The first-order valence-electron chi connectivity index (χ1n) is 8.59. The number of nitrogens with one attached hydrogen (secondary N) is 1. The molecule has 1 aliphatic rings. The second-order valence-corrected chi connectivity index (χ2v) is 8.44. The third kappa shape index (κ3) is 5.60. The summed E-state index contributed by atoms with van der Waals surface area (Å²) in [7, 11) is 1.91. The van der Waals surface area contributed by atoms with Gasteiger partial charge in [0, 0.05) is 35.3 Å². The van der Waals surface area contributed by atoms with Crippen LogP contribution in [0, 0.1) is 0 Å². The Labute approximate surface area is 139 Å². The van der Waals surface area contributed by atoms with Crippen LogP contribution in [0.3, 0.4) is 0 Å². The molecule has 0 aliphatic heterocycles. The van der Waals surface area contributed by atoms with Crippen LogP contribution in [0.15, 0.2) is 12.4 Å². The molecule has 1 saturated carbocycles. The molecule has 1 aromatic rings. The summed E-state index contributed by atoms with van der Waals surface area (Å²) in [5, 5.41) is 18.9. The van der Waals surface area contributed by atoms with Crippen molar-refractivity contribution in [1.82, 2.24) is 15.1 Å². The quantitative estimate of drug-likeness (QED) is 0.770. The number of thioether (sulfide) groups is 1. The first kappa shape index (κ1) is 17.8. The minimum atomic E-state index is -0.0180. The molecule has 1 aliphatic carbocycles. The summed E-state index contributed by atoms with van der Waals surface area (Å²) in [6.45, 7) is 4.67. The number of hydrogen-bond acceptors (Lipinski definition) is 4. The van der Waals surface area contributed by atoms with Crippen molar-refractivity contribution >= 4 is 11.8 Å². The fourth-order valence-corrected chi connectivity index (χ4v) is 5.03. The predicted octanol–water partition coefficient (Wildman–Crippen LogP) is 3.28. The molecule has 1 heterocycles. The smallest absolute Gasteiger partial charge is 0.0627 e. The average Bonchev–Trinajstić information content (AvgIpc) is 2.92. The van der Waals surface area contributed by atoms with Crippen molar-refractivity contribution in [3.05, 3.63) is 18.0 Å². The highest BCUT2D eigenvalue weighted by atomic mass is 32.2. The molecule has 1 aromatic heterocycles. The lowest BCUT2D eigenvalue weighted by Gasteiger charge is -2.27. The summed E-state index contributed by atoms with van der Waals surface area (Å²) < 4.78 is 1.78. The van der Waals surface area contributed by atoms with E-state index in [1.165, 1.54) is 32.1 Å². The van der Waals surface area contributed by atoms with Gasteiger partial charge in [-0.3, -0.25) is 4.68 Å². The lowest BCUT2D eigenvalue weighted by atomic mass is 10.0. The number of rotatable bonds is 8. The van der Waals surface area contributed by atoms with Crippen LogP contribution in [-0.2, 0) is 7.05 Å². The molecule has 22 heavy (non-hydrogen) atoms. The zero-order valence-electron chi connectivity index (χ0n) is 14.2. The molecule has 2 rings (SSSR count). The van der Waals surface area contributed by atoms with E-state index in [1.807, 2.05) is 19.4 Å². The van der Waals surface area contributed by atoms with Crippen LogP contribution < -0.4 is 5.32 Å². The summed E-state index contributed by atoms with van der Waals surface area (Å²) in [6, 6.07) is 0.374. The highest BCUT2D eigenvalue weighted by Crippen LogP contribution is 2.32. The summed E-state index contributed by atoms with van der Waals surface area (Å²) in [6.07, 6.45) is 12.0. The predicted molar refractivity (Wildman–Crippen MR) is 94.2 cm³/mol. The van der Waals surface area contributed by atoms with Gasteiger partial charge in [0.05, 0.1) is 18.8 Å². The summed E-state index contributed by atoms with van der Waals surface area (Å²) >= 11 is 2.16. The Balaban J connectivity index is 1.76. The van der Waals surface area contributed by atoms with Crippen molar-refractivity contribution in [3.8, 4) is 0 Å². The zero-order chi connectivity index (χ0) is 15.9. The van der Waals surface area contributed by atoms with Crippen molar-refractivity contribution in [2.45, 2.75) is 75.0 Å². The molecule has 5 heteroatoms. The van der Waals surface area contributed by atoms with Gasteiger partial charge in [0.15, 0.2) is 0 Å². The van der Waals surface area contributed by atoms with Gasteiger partial charge in [0.25, 0.3) is 0 Å². The molecule has 3 atom stereocenters. The molecule has 2 N–H and O–H groups in total. The maximum atomic E-state index is 9.63. The summed E-state index contributed by atoms with van der Waals surface area (Å²) in [4.78, 5) is 0. The molecule has 4 nitrogen and oxygen atoms in total. The van der Waals surface area contributed by atoms with Gasteiger partial charge >= 0.3 is 0 Å². The Hall–Kier alpha value is -0.520. The van der Waals surface area contributed by atoms with E-state index >= 15 is 0 Å². The van der Waals surface area contributed by atoms with Gasteiger partial charge in [0.2, 0.25) is 0 Å². The monoisotopic (exact) mass is 325 g/mol. The first-order valence-corrected chi connectivity index (χ1v) is 9.53. The number of aryl methyl sites for hydroxylation is 1. The zero-order valence-corrected chi connectivity index (χ0v) is 15.0. The van der Waals surface area contributed by atoms with Gasteiger partial charge in [-0.25, -0.2) is 0 Å². The molecule has 0 aromatic carbocycles. The van der Waals surface area contributed by atoms with Crippen LogP contribution >= 0.6 is 11.8 Å². The Morgan fingerprint density at radius 1 is 1.36 bits per heavy atom. The molecule has 0 amide bonds. The third-order valence-corrected chi connectivity index (χ3v) is 5.97. The van der Waals surface area contributed by atoms with E-state index in [0.717, 1.165) is 17.2 Å². The Morgan fingerprint density at radius 3 is 2.68 bits per heavy atom. The second kappa shape index (κ2) is 8.94. The van der Waals surface area contributed by atoms with E-state index in [0.29, 0.717) is 11.3 Å². The van der Waals surface area contributed by atoms with Gasteiger partial charge in [-0.1, -0.05) is 26.2 Å². The number of nitrogens with zero attached hydrogens (tertiary/aromatic N) is 2. The van der Waals surface area contributed by atoms with Crippen LogP contribution in [0.1, 0.15) is 64.0 Å². The fraction of sp³-hybridized carbons (Fsp3) is 0.824. The highest BCUT2D eigenvalue weighted by molar-refractivity contribution is 8.00. The highest BCUT2D eigenvalue weighted by Gasteiger charge is 2.20. The fourth-order valence-electron chi connectivity index (χ4n) is 3.37. The topological polar surface area (TPSA) is 50.1 Å². The third-order valence-electron chi connectivity index (χ3n) is 4.46. The number of aromatic nitrogens is 2. The van der Waals surface area contributed by atoms with E-state index in [1.54, 1.807) is 4.68 Å². The van der Waals surface area contributed by atoms with Crippen LogP contribution in [0.2, 0.25) is 0 Å². The molecular weight excluding hydrogens is 294 g/mol. The number of hydrogen-bond donors (Lipinski definition) is 2. The first-order chi connectivity index (χ1) is 10.6. The van der Waals surface area contributed by atoms with Crippen molar-refractivity contribution in [2.24, 2.45) is 7.05 Å². The maximum Gasteiger partial charge on any atom is 0.0627 e.